The zero-order valence-electron chi connectivity index (χ0n) is 30.4. The van der Waals surface area contributed by atoms with Gasteiger partial charge >= 0.3 is 0 Å². The van der Waals surface area contributed by atoms with Crippen molar-refractivity contribution in [3.05, 3.63) is 204 Å². The molecule has 0 atom stereocenters. The minimum Gasteiger partial charge on any atom is -0.311 e. The van der Waals surface area contributed by atoms with Crippen molar-refractivity contribution < 1.29 is 0 Å². The van der Waals surface area contributed by atoms with Gasteiger partial charge in [-0.25, -0.2) is 4.85 Å². The van der Waals surface area contributed by atoms with Crippen LogP contribution in [-0.2, 0) is 0 Å². The SMILES string of the molecule is [C-]#[N+]c1ccc(N(c2ccc(C#N)cc2)c2ccc3cc4c5ccc(N(c6ccc(C#N)cc6)c6ccc(C#N)cc6)cc5n(-c5ccccc5)c4cc3c2)cc1. The number of nitrogens with zero attached hydrogens (tertiary/aromatic N) is 7. The molecule has 0 bridgehead atoms. The number of fused-ring (bicyclic) bond motifs is 4. The number of para-hydroxylation sites is 1. The molecule has 9 rings (SSSR count). The van der Waals surface area contributed by atoms with Crippen LogP contribution in [0.15, 0.2) is 176 Å². The van der Waals surface area contributed by atoms with Crippen LogP contribution < -0.4 is 9.80 Å². The van der Waals surface area contributed by atoms with E-state index < -0.39 is 0 Å². The Morgan fingerprint density at radius 2 is 0.877 bits per heavy atom. The monoisotopic (exact) mass is 727 g/mol. The van der Waals surface area contributed by atoms with Gasteiger partial charge in [-0.3, -0.25) is 0 Å². The predicted octanol–water partition coefficient (Wildman–Crippen LogP) is 13.0. The third kappa shape index (κ3) is 6.21. The van der Waals surface area contributed by atoms with Crippen LogP contribution >= 0.6 is 0 Å². The lowest BCUT2D eigenvalue weighted by molar-refractivity contribution is 1.18. The molecule has 0 saturated carbocycles. The van der Waals surface area contributed by atoms with Gasteiger partial charge in [0.15, 0.2) is 5.69 Å². The second-order valence-corrected chi connectivity index (χ2v) is 13.5. The van der Waals surface area contributed by atoms with Gasteiger partial charge in [-0.2, -0.15) is 15.8 Å². The molecule has 0 unspecified atom stereocenters. The van der Waals surface area contributed by atoms with Crippen LogP contribution in [0, 0.1) is 40.6 Å². The predicted molar refractivity (Wildman–Crippen MR) is 228 cm³/mol. The first-order valence-electron chi connectivity index (χ1n) is 18.2. The minimum absolute atomic E-state index is 0.563. The second-order valence-electron chi connectivity index (χ2n) is 13.5. The van der Waals surface area contributed by atoms with E-state index in [2.05, 4.69) is 98.1 Å². The Morgan fingerprint density at radius 1 is 0.421 bits per heavy atom. The molecule has 0 aliphatic carbocycles. The molecule has 0 aliphatic rings. The lowest BCUT2D eigenvalue weighted by Gasteiger charge is -2.26. The first-order valence-corrected chi connectivity index (χ1v) is 18.2. The van der Waals surface area contributed by atoms with Crippen molar-refractivity contribution in [1.29, 1.82) is 15.8 Å². The summed E-state index contributed by atoms with van der Waals surface area (Å²) in [6, 6.07) is 64.5. The van der Waals surface area contributed by atoms with Gasteiger partial charge in [-0.15, -0.1) is 0 Å². The van der Waals surface area contributed by atoms with Crippen molar-refractivity contribution in [3.8, 4) is 23.9 Å². The van der Waals surface area contributed by atoms with Crippen molar-refractivity contribution in [3.63, 3.8) is 0 Å². The van der Waals surface area contributed by atoms with Crippen molar-refractivity contribution >= 4 is 72.4 Å². The highest BCUT2D eigenvalue weighted by Crippen LogP contribution is 2.42. The van der Waals surface area contributed by atoms with Crippen molar-refractivity contribution in [2.75, 3.05) is 9.80 Å². The molecule has 57 heavy (non-hydrogen) atoms. The van der Waals surface area contributed by atoms with Crippen LogP contribution in [0.25, 0.3) is 43.1 Å². The fraction of sp³-hybridized carbons (Fsp3) is 0. The quantitative estimate of drug-likeness (QED) is 0.153. The van der Waals surface area contributed by atoms with E-state index in [1.54, 1.807) is 0 Å². The molecular weight excluding hydrogens is 699 g/mol. The number of nitriles is 3. The van der Waals surface area contributed by atoms with E-state index in [-0.39, 0.29) is 0 Å². The second kappa shape index (κ2) is 14.3. The average Bonchev–Trinajstić information content (AvgIpc) is 3.59. The van der Waals surface area contributed by atoms with Crippen molar-refractivity contribution in [1.82, 2.24) is 4.57 Å². The molecule has 0 N–H and O–H groups in total. The number of benzene rings is 8. The normalized spacial score (nSPS) is 10.7. The number of aromatic nitrogens is 1. The highest BCUT2D eigenvalue weighted by atomic mass is 15.1. The van der Waals surface area contributed by atoms with Crippen LogP contribution in [0.5, 0.6) is 0 Å². The maximum atomic E-state index is 9.52. The summed E-state index contributed by atoms with van der Waals surface area (Å²) >= 11 is 0. The number of hydrogen-bond acceptors (Lipinski definition) is 5. The summed E-state index contributed by atoms with van der Waals surface area (Å²) in [5.41, 5.74) is 10.8. The minimum atomic E-state index is 0.563. The maximum absolute atomic E-state index is 9.52. The molecule has 0 spiro atoms. The fourth-order valence-corrected chi connectivity index (χ4v) is 7.50. The van der Waals surface area contributed by atoms with E-state index in [0.29, 0.717) is 22.4 Å². The van der Waals surface area contributed by atoms with Crippen LogP contribution in [0.1, 0.15) is 16.7 Å². The summed E-state index contributed by atoms with van der Waals surface area (Å²) in [5.74, 6) is 0. The smallest absolute Gasteiger partial charge is 0.187 e. The molecule has 0 amide bonds. The number of rotatable bonds is 7. The molecule has 1 heterocycles. The van der Waals surface area contributed by atoms with Crippen LogP contribution in [0.3, 0.4) is 0 Å². The van der Waals surface area contributed by atoms with E-state index >= 15 is 0 Å². The summed E-state index contributed by atoms with van der Waals surface area (Å²) in [5, 5.41) is 32.9. The standard InChI is InChI=1S/C50H29N7/c1-54-39-14-23-44(24-15-39)55(41-16-7-34(31-51)8-17-41)45-22-13-37-28-48-47-26-25-46(30-50(47)57(40-5-3-2-4-6-40)49(48)29-38(37)27-45)56(42-18-9-35(32-52)10-19-42)43-20-11-36(33-53)12-21-43/h2-30H. The Kier molecular flexibility index (Phi) is 8.58. The molecule has 9 aromatic rings. The van der Waals surface area contributed by atoms with Gasteiger partial charge in [0.2, 0.25) is 0 Å². The van der Waals surface area contributed by atoms with Gasteiger partial charge in [-0.05, 0) is 144 Å². The molecule has 0 radical (unpaired) electrons. The van der Waals surface area contributed by atoms with Gasteiger partial charge in [-0.1, -0.05) is 42.5 Å². The Labute approximate surface area is 329 Å². The summed E-state index contributed by atoms with van der Waals surface area (Å²) in [6.07, 6.45) is 0. The molecule has 0 saturated heterocycles. The lowest BCUT2D eigenvalue weighted by Crippen LogP contribution is -2.10. The summed E-state index contributed by atoms with van der Waals surface area (Å²) in [7, 11) is 0. The summed E-state index contributed by atoms with van der Waals surface area (Å²) in [4.78, 5) is 7.86. The highest BCUT2D eigenvalue weighted by molar-refractivity contribution is 6.14. The Hall–Kier alpha value is -8.62. The summed E-state index contributed by atoms with van der Waals surface area (Å²) in [6.45, 7) is 7.47. The van der Waals surface area contributed by atoms with Gasteiger partial charge < -0.3 is 14.4 Å². The topological polar surface area (TPSA) is 87.1 Å². The average molecular weight is 728 g/mol. The molecule has 0 aliphatic heterocycles. The third-order valence-corrected chi connectivity index (χ3v) is 10.2. The van der Waals surface area contributed by atoms with Gasteiger partial charge in [0, 0.05) is 50.6 Å². The third-order valence-electron chi connectivity index (χ3n) is 10.2. The van der Waals surface area contributed by atoms with Crippen LogP contribution in [-0.4, -0.2) is 4.57 Å². The van der Waals surface area contributed by atoms with E-state index in [4.69, 9.17) is 6.57 Å². The molecule has 1 aromatic heterocycles. The number of hydrogen-bond donors (Lipinski definition) is 0. The largest absolute Gasteiger partial charge is 0.311 e. The molecule has 0 fully saturated rings. The van der Waals surface area contributed by atoms with Crippen molar-refractivity contribution in [2.45, 2.75) is 0 Å². The van der Waals surface area contributed by atoms with Gasteiger partial charge in [0.25, 0.3) is 0 Å². The lowest BCUT2D eigenvalue weighted by atomic mass is 10.0. The first kappa shape index (κ1) is 34.2. The van der Waals surface area contributed by atoms with Gasteiger partial charge in [0.1, 0.15) is 0 Å². The Bertz CT molecular complexity index is 3020. The van der Waals surface area contributed by atoms with E-state index in [1.165, 1.54) is 0 Å². The van der Waals surface area contributed by atoms with E-state index in [9.17, 15) is 15.8 Å². The molecule has 7 heteroatoms. The zero-order chi connectivity index (χ0) is 38.9. The molecular formula is C50H29N7. The maximum Gasteiger partial charge on any atom is 0.187 e. The fourth-order valence-electron chi connectivity index (χ4n) is 7.50. The van der Waals surface area contributed by atoms with Crippen molar-refractivity contribution in [2.24, 2.45) is 0 Å². The first-order chi connectivity index (χ1) is 28.0. The van der Waals surface area contributed by atoms with Crippen LogP contribution in [0.4, 0.5) is 39.8 Å². The van der Waals surface area contributed by atoms with E-state index in [1.807, 2.05) is 115 Å². The summed E-state index contributed by atoms with van der Waals surface area (Å²) < 4.78 is 2.30. The molecule has 264 valence electrons. The van der Waals surface area contributed by atoms with Crippen LogP contribution in [0.2, 0.25) is 0 Å². The molecule has 8 aromatic carbocycles. The number of anilines is 6. The zero-order valence-corrected chi connectivity index (χ0v) is 30.4. The Morgan fingerprint density at radius 3 is 1.39 bits per heavy atom. The van der Waals surface area contributed by atoms with E-state index in [0.717, 1.165) is 72.4 Å². The molecule has 7 nitrogen and oxygen atoms in total. The Balaban J connectivity index is 1.25. The van der Waals surface area contributed by atoms with Gasteiger partial charge in [0.05, 0.1) is 52.5 Å². The highest BCUT2D eigenvalue weighted by Gasteiger charge is 2.20.